The van der Waals surface area contributed by atoms with Crippen LogP contribution in [0.2, 0.25) is 5.02 Å². The number of halogens is 1. The first-order valence-corrected chi connectivity index (χ1v) is 8.16. The molecule has 3 rings (SSSR count). The third-order valence-corrected chi connectivity index (χ3v) is 4.48. The molecule has 0 spiro atoms. The topological polar surface area (TPSA) is 68.5 Å². The Morgan fingerprint density at radius 3 is 2.79 bits per heavy atom. The number of aryl methyl sites for hydroxylation is 1. The van der Waals surface area contributed by atoms with Crippen LogP contribution in [0.15, 0.2) is 41.7 Å². The van der Waals surface area contributed by atoms with Gasteiger partial charge in [0.15, 0.2) is 0 Å². The van der Waals surface area contributed by atoms with Gasteiger partial charge in [0.05, 0.1) is 23.5 Å². The second-order valence-electron chi connectivity index (χ2n) is 5.85. The number of nitrogens with zero attached hydrogens (tertiary/aromatic N) is 3. The first kappa shape index (κ1) is 16.5. The predicted octanol–water partition coefficient (Wildman–Crippen LogP) is 2.44. The SMILES string of the molecule is CC1C(CNC(=O)c2c(Cl)cnn2C)=NOC1Cc1ccccc1. The fraction of sp³-hybridized carbons (Fsp3) is 0.353. The van der Waals surface area contributed by atoms with E-state index in [9.17, 15) is 4.79 Å². The molecule has 24 heavy (non-hydrogen) atoms. The van der Waals surface area contributed by atoms with Crippen molar-refractivity contribution in [2.45, 2.75) is 19.4 Å². The number of hydrogen-bond donors (Lipinski definition) is 1. The maximum atomic E-state index is 12.2. The molecule has 2 atom stereocenters. The fourth-order valence-electron chi connectivity index (χ4n) is 2.70. The molecule has 6 nitrogen and oxygen atoms in total. The first-order chi connectivity index (χ1) is 11.6. The van der Waals surface area contributed by atoms with Gasteiger partial charge in [-0.25, -0.2) is 0 Å². The molecule has 1 aromatic heterocycles. The summed E-state index contributed by atoms with van der Waals surface area (Å²) in [6.07, 6.45) is 2.22. The molecule has 0 saturated carbocycles. The van der Waals surface area contributed by atoms with Crippen LogP contribution in [0.25, 0.3) is 0 Å². The van der Waals surface area contributed by atoms with E-state index in [4.69, 9.17) is 16.4 Å². The van der Waals surface area contributed by atoms with E-state index in [0.717, 1.165) is 12.1 Å². The Morgan fingerprint density at radius 2 is 2.12 bits per heavy atom. The van der Waals surface area contributed by atoms with Gasteiger partial charge in [-0.05, 0) is 5.56 Å². The summed E-state index contributed by atoms with van der Waals surface area (Å²) in [5, 5.41) is 11.3. The smallest absolute Gasteiger partial charge is 0.271 e. The molecule has 1 N–H and O–H groups in total. The molecule has 7 heteroatoms. The van der Waals surface area contributed by atoms with Gasteiger partial charge in [-0.3, -0.25) is 9.48 Å². The molecule has 2 heterocycles. The molecule has 0 fully saturated rings. The summed E-state index contributed by atoms with van der Waals surface area (Å²) in [6.45, 7) is 2.38. The van der Waals surface area contributed by atoms with Gasteiger partial charge in [0.25, 0.3) is 5.91 Å². The molecule has 2 aromatic rings. The summed E-state index contributed by atoms with van der Waals surface area (Å²) in [5.74, 6) is -0.145. The van der Waals surface area contributed by atoms with Crippen molar-refractivity contribution in [3.8, 4) is 0 Å². The zero-order chi connectivity index (χ0) is 17.1. The summed E-state index contributed by atoms with van der Waals surface area (Å²) in [7, 11) is 1.68. The van der Waals surface area contributed by atoms with E-state index in [2.05, 4.69) is 34.6 Å². The molecular weight excluding hydrogens is 328 g/mol. The number of rotatable bonds is 5. The lowest BCUT2D eigenvalue weighted by Crippen LogP contribution is -2.34. The Morgan fingerprint density at radius 1 is 1.38 bits per heavy atom. The minimum atomic E-state index is -0.276. The van der Waals surface area contributed by atoms with E-state index in [1.807, 2.05) is 18.2 Å². The average molecular weight is 347 g/mol. The van der Waals surface area contributed by atoms with Gasteiger partial charge in [-0.1, -0.05) is 54.0 Å². The lowest BCUT2D eigenvalue weighted by molar-refractivity contribution is 0.0660. The summed E-state index contributed by atoms with van der Waals surface area (Å²) < 4.78 is 1.45. The van der Waals surface area contributed by atoms with Gasteiger partial charge in [0.1, 0.15) is 11.8 Å². The molecule has 1 amide bonds. The van der Waals surface area contributed by atoms with Gasteiger partial charge in [-0.15, -0.1) is 0 Å². The minimum absolute atomic E-state index is 0.0143. The molecule has 0 bridgehead atoms. The van der Waals surface area contributed by atoms with Gasteiger partial charge in [-0.2, -0.15) is 5.10 Å². The van der Waals surface area contributed by atoms with E-state index >= 15 is 0 Å². The maximum absolute atomic E-state index is 12.2. The van der Waals surface area contributed by atoms with Crippen LogP contribution in [0.5, 0.6) is 0 Å². The van der Waals surface area contributed by atoms with Crippen molar-refractivity contribution in [2.24, 2.45) is 18.1 Å². The summed E-state index contributed by atoms with van der Waals surface area (Å²) in [5.41, 5.74) is 2.36. The Balaban J connectivity index is 1.56. The highest BCUT2D eigenvalue weighted by molar-refractivity contribution is 6.33. The third kappa shape index (κ3) is 3.43. The van der Waals surface area contributed by atoms with Crippen molar-refractivity contribution in [1.82, 2.24) is 15.1 Å². The molecule has 0 aliphatic carbocycles. The van der Waals surface area contributed by atoms with Gasteiger partial charge in [0.2, 0.25) is 0 Å². The number of hydrogen-bond acceptors (Lipinski definition) is 4. The van der Waals surface area contributed by atoms with Gasteiger partial charge in [0, 0.05) is 19.4 Å². The molecule has 1 aliphatic rings. The number of oxime groups is 1. The molecular formula is C17H19ClN4O2. The highest BCUT2D eigenvalue weighted by Crippen LogP contribution is 2.22. The molecule has 2 unspecified atom stereocenters. The largest absolute Gasteiger partial charge is 0.391 e. The highest BCUT2D eigenvalue weighted by atomic mass is 35.5. The van der Waals surface area contributed by atoms with Crippen molar-refractivity contribution in [1.29, 1.82) is 0 Å². The Bertz CT molecular complexity index is 738. The van der Waals surface area contributed by atoms with Crippen LogP contribution in [-0.2, 0) is 18.3 Å². The molecule has 1 aromatic carbocycles. The zero-order valence-corrected chi connectivity index (χ0v) is 14.3. The van der Waals surface area contributed by atoms with E-state index in [-0.39, 0.29) is 17.9 Å². The normalized spacial score (nSPS) is 19.7. The van der Waals surface area contributed by atoms with E-state index in [1.54, 1.807) is 7.05 Å². The quantitative estimate of drug-likeness (QED) is 0.904. The lowest BCUT2D eigenvalue weighted by atomic mass is 9.94. The van der Waals surface area contributed by atoms with E-state index in [1.165, 1.54) is 16.4 Å². The molecule has 126 valence electrons. The van der Waals surface area contributed by atoms with Crippen LogP contribution in [-0.4, -0.2) is 34.0 Å². The van der Waals surface area contributed by atoms with Gasteiger partial charge < -0.3 is 10.2 Å². The second kappa shape index (κ2) is 7.05. The molecule has 1 aliphatic heterocycles. The van der Waals surface area contributed by atoms with Crippen molar-refractivity contribution >= 4 is 23.2 Å². The van der Waals surface area contributed by atoms with Crippen LogP contribution in [0.3, 0.4) is 0 Å². The molecule has 0 radical (unpaired) electrons. The number of carbonyl (C=O) groups excluding carboxylic acids is 1. The van der Waals surface area contributed by atoms with E-state index in [0.29, 0.717) is 17.3 Å². The van der Waals surface area contributed by atoms with Crippen molar-refractivity contribution in [2.75, 3.05) is 6.54 Å². The zero-order valence-electron chi connectivity index (χ0n) is 13.6. The third-order valence-electron chi connectivity index (χ3n) is 4.21. The van der Waals surface area contributed by atoms with E-state index < -0.39 is 0 Å². The van der Waals surface area contributed by atoms with Crippen LogP contribution in [0.4, 0.5) is 0 Å². The molecule has 0 saturated heterocycles. The Labute approximate surface area is 145 Å². The highest BCUT2D eigenvalue weighted by Gasteiger charge is 2.30. The van der Waals surface area contributed by atoms with Gasteiger partial charge >= 0.3 is 0 Å². The Kier molecular flexibility index (Phi) is 4.85. The maximum Gasteiger partial charge on any atom is 0.271 e. The van der Waals surface area contributed by atoms with Crippen molar-refractivity contribution in [3.05, 3.63) is 52.8 Å². The number of nitrogens with one attached hydrogen (secondary N) is 1. The summed E-state index contributed by atoms with van der Waals surface area (Å²) >= 11 is 5.98. The van der Waals surface area contributed by atoms with Crippen LogP contribution >= 0.6 is 11.6 Å². The summed E-state index contributed by atoms with van der Waals surface area (Å²) in [6, 6.07) is 10.1. The lowest BCUT2D eigenvalue weighted by Gasteiger charge is -2.15. The van der Waals surface area contributed by atoms with Crippen LogP contribution in [0, 0.1) is 5.92 Å². The van der Waals surface area contributed by atoms with Crippen LogP contribution in [0.1, 0.15) is 23.0 Å². The second-order valence-corrected chi connectivity index (χ2v) is 6.26. The average Bonchev–Trinajstić information content (AvgIpc) is 3.09. The number of aromatic nitrogens is 2. The van der Waals surface area contributed by atoms with Crippen molar-refractivity contribution in [3.63, 3.8) is 0 Å². The minimum Gasteiger partial charge on any atom is -0.391 e. The summed E-state index contributed by atoms with van der Waals surface area (Å²) in [4.78, 5) is 17.8. The monoisotopic (exact) mass is 346 g/mol. The number of benzene rings is 1. The van der Waals surface area contributed by atoms with Crippen LogP contribution < -0.4 is 5.32 Å². The first-order valence-electron chi connectivity index (χ1n) is 7.78. The predicted molar refractivity (Wildman–Crippen MR) is 92.2 cm³/mol. The number of amides is 1. The van der Waals surface area contributed by atoms with Crippen molar-refractivity contribution < 1.29 is 9.63 Å². The Hall–Kier alpha value is -2.34. The number of carbonyl (C=O) groups is 1. The standard InChI is InChI=1S/C17H19ClN4O2/c1-11-14(10-19-17(23)16-13(18)9-20-22(16)2)21-24-15(11)8-12-6-4-3-5-7-12/h3-7,9,11,15H,8,10H2,1-2H3,(H,19,23). The fourth-order valence-corrected chi connectivity index (χ4v) is 2.95.